The predicted octanol–water partition coefficient (Wildman–Crippen LogP) is 3.07. The topological polar surface area (TPSA) is 41.5 Å². The van der Waals surface area contributed by atoms with Gasteiger partial charge in [-0.2, -0.15) is 0 Å². The summed E-state index contributed by atoms with van der Waals surface area (Å²) in [6.45, 7) is 11.5. The lowest BCUT2D eigenvalue weighted by atomic mass is 9.92. The average Bonchev–Trinajstić information content (AvgIpc) is 2.32. The monoisotopic (exact) mass is 255 g/mol. The van der Waals surface area contributed by atoms with Gasteiger partial charge in [0.15, 0.2) is 0 Å². The quantitative estimate of drug-likeness (QED) is 0.378. The van der Waals surface area contributed by atoms with Gasteiger partial charge in [0.1, 0.15) is 12.8 Å². The van der Waals surface area contributed by atoms with Crippen LogP contribution in [0.5, 0.6) is 0 Å². The third-order valence-electron chi connectivity index (χ3n) is 2.70. The van der Waals surface area contributed by atoms with Gasteiger partial charge in [-0.15, -0.1) is 0 Å². The average molecular weight is 255 g/mol. The molecule has 2 unspecified atom stereocenters. The normalized spacial score (nSPS) is 16.3. The number of nitrogens with one attached hydrogen (secondary N) is 1. The van der Waals surface area contributed by atoms with Crippen molar-refractivity contribution in [3.8, 4) is 0 Å². The van der Waals surface area contributed by atoms with Crippen LogP contribution in [0.15, 0.2) is 24.0 Å². The summed E-state index contributed by atoms with van der Waals surface area (Å²) in [5, 5.41) is 12.6. The van der Waals surface area contributed by atoms with Gasteiger partial charge < -0.3 is 9.84 Å². The molecule has 0 saturated heterocycles. The van der Waals surface area contributed by atoms with Gasteiger partial charge >= 0.3 is 0 Å². The lowest BCUT2D eigenvalue weighted by molar-refractivity contribution is 0.0402. The number of ether oxygens (including phenoxy) is 1. The van der Waals surface area contributed by atoms with Gasteiger partial charge in [0.25, 0.3) is 0 Å². The SMILES string of the molecule is C/C=C/C(/C(=C\CC)OCC(O)NCC)C(C)C. The van der Waals surface area contributed by atoms with Crippen molar-refractivity contribution in [2.75, 3.05) is 13.2 Å². The lowest BCUT2D eigenvalue weighted by Gasteiger charge is -2.23. The number of aliphatic hydroxyl groups excluding tert-OH is 1. The van der Waals surface area contributed by atoms with Gasteiger partial charge in [0.2, 0.25) is 0 Å². The minimum absolute atomic E-state index is 0.281. The van der Waals surface area contributed by atoms with Crippen LogP contribution in [0.3, 0.4) is 0 Å². The Morgan fingerprint density at radius 2 is 2.00 bits per heavy atom. The Bertz CT molecular complexity index is 259. The first kappa shape index (κ1) is 17.2. The standard InChI is InChI=1S/C15H29NO2/c1-6-9-13(12(4)5)14(10-7-2)18-11-15(17)16-8-3/h6,9-10,12-13,15-17H,7-8,11H2,1-5H3/b9-6+,14-10+. The molecule has 18 heavy (non-hydrogen) atoms. The van der Waals surface area contributed by atoms with Crippen LogP contribution in [-0.4, -0.2) is 24.5 Å². The highest BCUT2D eigenvalue weighted by atomic mass is 16.5. The fraction of sp³-hybridized carbons (Fsp3) is 0.733. The maximum Gasteiger partial charge on any atom is 0.139 e. The molecule has 0 aromatic heterocycles. The van der Waals surface area contributed by atoms with Crippen molar-refractivity contribution in [3.63, 3.8) is 0 Å². The summed E-state index contributed by atoms with van der Waals surface area (Å²) in [5.41, 5.74) is 0. The molecule has 0 fully saturated rings. The molecule has 0 aromatic carbocycles. The maximum atomic E-state index is 9.64. The third-order valence-corrected chi connectivity index (χ3v) is 2.70. The molecule has 0 amide bonds. The Morgan fingerprint density at radius 3 is 2.44 bits per heavy atom. The molecule has 0 aromatic rings. The van der Waals surface area contributed by atoms with Gasteiger partial charge in [0, 0.05) is 5.92 Å². The van der Waals surface area contributed by atoms with Crippen molar-refractivity contribution in [2.24, 2.45) is 11.8 Å². The molecule has 2 N–H and O–H groups in total. The van der Waals surface area contributed by atoms with Crippen LogP contribution in [-0.2, 0) is 4.74 Å². The van der Waals surface area contributed by atoms with Crippen molar-refractivity contribution in [2.45, 2.75) is 47.3 Å². The predicted molar refractivity (Wildman–Crippen MR) is 77.2 cm³/mol. The van der Waals surface area contributed by atoms with Crippen LogP contribution >= 0.6 is 0 Å². The van der Waals surface area contributed by atoms with E-state index in [1.807, 2.05) is 13.8 Å². The molecule has 0 aliphatic heterocycles. The van der Waals surface area contributed by atoms with E-state index in [0.717, 1.165) is 18.7 Å². The van der Waals surface area contributed by atoms with Crippen molar-refractivity contribution < 1.29 is 9.84 Å². The van der Waals surface area contributed by atoms with Gasteiger partial charge in [-0.3, -0.25) is 5.32 Å². The van der Waals surface area contributed by atoms with E-state index in [9.17, 15) is 5.11 Å². The molecule has 0 radical (unpaired) electrons. The summed E-state index contributed by atoms with van der Waals surface area (Å²) in [7, 11) is 0. The van der Waals surface area contributed by atoms with Gasteiger partial charge in [-0.1, -0.05) is 39.8 Å². The molecule has 0 aliphatic carbocycles. The van der Waals surface area contributed by atoms with E-state index in [-0.39, 0.29) is 5.92 Å². The summed E-state index contributed by atoms with van der Waals surface area (Å²) < 4.78 is 5.77. The highest BCUT2D eigenvalue weighted by Crippen LogP contribution is 2.23. The molecule has 0 bridgehead atoms. The van der Waals surface area contributed by atoms with Crippen LogP contribution in [0.2, 0.25) is 0 Å². The summed E-state index contributed by atoms with van der Waals surface area (Å²) in [6.07, 6.45) is 6.65. The molecule has 3 nitrogen and oxygen atoms in total. The largest absolute Gasteiger partial charge is 0.493 e. The van der Waals surface area contributed by atoms with Crippen LogP contribution in [0.1, 0.15) is 41.0 Å². The van der Waals surface area contributed by atoms with E-state index >= 15 is 0 Å². The zero-order valence-corrected chi connectivity index (χ0v) is 12.4. The molecule has 0 rings (SSSR count). The molecule has 3 heteroatoms. The van der Waals surface area contributed by atoms with Crippen molar-refractivity contribution in [1.29, 1.82) is 0 Å². The second kappa shape index (κ2) is 10.2. The van der Waals surface area contributed by atoms with E-state index in [1.54, 1.807) is 0 Å². The Kier molecular flexibility index (Phi) is 9.70. The zero-order chi connectivity index (χ0) is 14.0. The Balaban J connectivity index is 4.59. The van der Waals surface area contributed by atoms with Crippen LogP contribution in [0, 0.1) is 11.8 Å². The minimum atomic E-state index is -0.603. The third kappa shape index (κ3) is 6.82. The number of hydrogen-bond donors (Lipinski definition) is 2. The second-order valence-corrected chi connectivity index (χ2v) is 4.69. The number of allylic oxidation sites excluding steroid dienone is 3. The molecule has 2 atom stereocenters. The summed E-state index contributed by atoms with van der Waals surface area (Å²) in [4.78, 5) is 0. The number of likely N-dealkylation sites (N-methyl/N-ethyl adjacent to an activating group) is 1. The summed E-state index contributed by atoms with van der Waals surface area (Å²) in [6, 6.07) is 0. The maximum absolute atomic E-state index is 9.64. The lowest BCUT2D eigenvalue weighted by Crippen LogP contribution is -2.33. The van der Waals surface area contributed by atoms with Gasteiger partial charge in [-0.25, -0.2) is 0 Å². The van der Waals surface area contributed by atoms with E-state index in [4.69, 9.17) is 4.74 Å². The molecule has 0 heterocycles. The highest BCUT2D eigenvalue weighted by molar-refractivity contribution is 5.08. The van der Waals surface area contributed by atoms with Gasteiger partial charge in [0.05, 0.1) is 5.76 Å². The summed E-state index contributed by atoms with van der Waals surface area (Å²) in [5.74, 6) is 1.72. The van der Waals surface area contributed by atoms with Crippen molar-refractivity contribution in [1.82, 2.24) is 5.32 Å². The van der Waals surface area contributed by atoms with E-state index < -0.39 is 6.23 Å². The van der Waals surface area contributed by atoms with Crippen LogP contribution < -0.4 is 5.32 Å². The first-order valence-electron chi connectivity index (χ1n) is 6.93. The Morgan fingerprint density at radius 1 is 1.33 bits per heavy atom. The summed E-state index contributed by atoms with van der Waals surface area (Å²) >= 11 is 0. The highest BCUT2D eigenvalue weighted by Gasteiger charge is 2.17. The van der Waals surface area contributed by atoms with E-state index in [2.05, 4.69) is 44.3 Å². The molecule has 0 spiro atoms. The minimum Gasteiger partial charge on any atom is -0.493 e. The zero-order valence-electron chi connectivity index (χ0n) is 12.4. The fourth-order valence-electron chi connectivity index (χ4n) is 1.82. The van der Waals surface area contributed by atoms with Crippen LogP contribution in [0.4, 0.5) is 0 Å². The van der Waals surface area contributed by atoms with E-state index in [1.165, 1.54) is 0 Å². The molecular weight excluding hydrogens is 226 g/mol. The first-order valence-corrected chi connectivity index (χ1v) is 6.93. The molecule has 106 valence electrons. The van der Waals surface area contributed by atoms with Crippen LogP contribution in [0.25, 0.3) is 0 Å². The van der Waals surface area contributed by atoms with E-state index in [0.29, 0.717) is 12.5 Å². The number of aliphatic hydroxyl groups is 1. The van der Waals surface area contributed by atoms with Crippen molar-refractivity contribution >= 4 is 0 Å². The smallest absolute Gasteiger partial charge is 0.139 e. The van der Waals surface area contributed by atoms with Crippen molar-refractivity contribution in [3.05, 3.63) is 24.0 Å². The first-order chi connectivity index (χ1) is 8.56. The second-order valence-electron chi connectivity index (χ2n) is 4.69. The number of hydrogen-bond acceptors (Lipinski definition) is 3. The fourth-order valence-corrected chi connectivity index (χ4v) is 1.82. The number of rotatable bonds is 9. The Hall–Kier alpha value is -0.800. The molecular formula is C15H29NO2. The molecule has 0 saturated carbocycles. The van der Waals surface area contributed by atoms with Gasteiger partial charge in [-0.05, 0) is 31.9 Å². The Labute approximate surface area is 112 Å². The molecule has 0 aliphatic rings.